The lowest BCUT2D eigenvalue weighted by Crippen LogP contribution is -2.55. The maximum Gasteiger partial charge on any atom is 0.270 e. The van der Waals surface area contributed by atoms with E-state index in [0.29, 0.717) is 17.9 Å². The van der Waals surface area contributed by atoms with Crippen LogP contribution in [0.4, 0.5) is 0 Å². The highest BCUT2D eigenvalue weighted by molar-refractivity contribution is 5.99. The number of carbonyl (C=O) groups excluding carboxylic acids is 3. The molecular weight excluding hydrogens is 482 g/mol. The topological polar surface area (TPSA) is 146 Å². The molecule has 0 bridgehead atoms. The number of benzene rings is 2. The van der Waals surface area contributed by atoms with E-state index < -0.39 is 42.3 Å². The highest BCUT2D eigenvalue weighted by Crippen LogP contribution is 2.12. The van der Waals surface area contributed by atoms with E-state index >= 15 is 0 Å². The Kier molecular flexibility index (Phi) is 10.7. The van der Waals surface area contributed by atoms with Gasteiger partial charge in [0.15, 0.2) is 0 Å². The van der Waals surface area contributed by atoms with Gasteiger partial charge in [-0.3, -0.25) is 14.4 Å². The lowest BCUT2D eigenvalue weighted by Gasteiger charge is -2.27. The van der Waals surface area contributed by atoms with Gasteiger partial charge in [-0.05, 0) is 43.0 Å². The van der Waals surface area contributed by atoms with Gasteiger partial charge in [0.05, 0.1) is 24.1 Å². The molecule has 1 heterocycles. The summed E-state index contributed by atoms with van der Waals surface area (Å²) in [4.78, 5) is 42.4. The molecule has 6 N–H and O–H groups in total. The second-order valence-electron chi connectivity index (χ2n) is 9.84. The first-order valence-corrected chi connectivity index (χ1v) is 12.9. The first-order chi connectivity index (χ1) is 18.2. The number of aliphatic hydroxyl groups is 1. The minimum absolute atomic E-state index is 0.112. The molecule has 0 radical (unpaired) electrons. The molecule has 0 fully saturated rings. The standard InChI is InChI=1S/C29H37N5O4/c1-19(2)14-15-31-18-26(35)24(16-20-8-4-3-5-9-20)33-29(38)25(17-27(30)36)34-28(37)23-13-12-21-10-6-7-11-22(21)32-23/h3-13,19,24-26,31,35H,14-18H2,1-2H3,(H2,30,36)(H,33,38)(H,34,37)/t24-,25-,26+/m0/s1. The molecule has 202 valence electrons. The molecule has 2 aromatic carbocycles. The number of aromatic nitrogens is 1. The summed E-state index contributed by atoms with van der Waals surface area (Å²) >= 11 is 0. The van der Waals surface area contributed by atoms with Crippen LogP contribution in [-0.4, -0.2) is 59.1 Å². The number of carbonyl (C=O) groups is 3. The molecule has 3 rings (SSSR count). The molecule has 3 aromatic rings. The quantitative estimate of drug-likeness (QED) is 0.206. The van der Waals surface area contributed by atoms with Crippen molar-refractivity contribution in [3.63, 3.8) is 0 Å². The van der Waals surface area contributed by atoms with Crippen molar-refractivity contribution in [3.05, 3.63) is 78.0 Å². The zero-order valence-electron chi connectivity index (χ0n) is 21.9. The maximum absolute atomic E-state index is 13.3. The smallest absolute Gasteiger partial charge is 0.270 e. The van der Waals surface area contributed by atoms with Crippen molar-refractivity contribution in [2.75, 3.05) is 13.1 Å². The molecule has 9 nitrogen and oxygen atoms in total. The Balaban J connectivity index is 1.73. The normalized spacial score (nSPS) is 13.6. The lowest BCUT2D eigenvalue weighted by molar-refractivity contribution is -0.128. The molecule has 0 spiro atoms. The van der Waals surface area contributed by atoms with Gasteiger partial charge in [-0.2, -0.15) is 0 Å². The molecular formula is C29H37N5O4. The first-order valence-electron chi connectivity index (χ1n) is 12.9. The van der Waals surface area contributed by atoms with Crippen molar-refractivity contribution >= 4 is 28.6 Å². The van der Waals surface area contributed by atoms with Gasteiger partial charge in [-0.25, -0.2) is 4.98 Å². The largest absolute Gasteiger partial charge is 0.390 e. The molecule has 0 saturated carbocycles. The predicted octanol–water partition coefficient (Wildman–Crippen LogP) is 1.93. The van der Waals surface area contributed by atoms with E-state index in [4.69, 9.17) is 5.73 Å². The summed E-state index contributed by atoms with van der Waals surface area (Å²) in [6.45, 7) is 5.26. The molecule has 3 amide bonds. The minimum Gasteiger partial charge on any atom is -0.390 e. The number of amides is 3. The predicted molar refractivity (Wildman–Crippen MR) is 147 cm³/mol. The summed E-state index contributed by atoms with van der Waals surface area (Å²) in [5.74, 6) is -1.44. The van der Waals surface area contributed by atoms with Crippen LogP contribution in [-0.2, 0) is 16.0 Å². The number of para-hydroxylation sites is 1. The second kappa shape index (κ2) is 14.2. The zero-order valence-corrected chi connectivity index (χ0v) is 21.9. The number of nitrogens with zero attached hydrogens (tertiary/aromatic N) is 1. The van der Waals surface area contributed by atoms with Crippen molar-refractivity contribution in [2.45, 2.75) is 51.3 Å². The van der Waals surface area contributed by atoms with Gasteiger partial charge < -0.3 is 26.8 Å². The van der Waals surface area contributed by atoms with Gasteiger partial charge >= 0.3 is 0 Å². The van der Waals surface area contributed by atoms with E-state index in [1.807, 2.05) is 48.5 Å². The fraction of sp³-hybridized carbons (Fsp3) is 0.379. The van der Waals surface area contributed by atoms with Crippen LogP contribution in [0.1, 0.15) is 42.7 Å². The number of nitrogens with one attached hydrogen (secondary N) is 3. The number of aliphatic hydroxyl groups excluding tert-OH is 1. The van der Waals surface area contributed by atoms with Crippen LogP contribution in [0.2, 0.25) is 0 Å². The van der Waals surface area contributed by atoms with E-state index in [1.54, 1.807) is 18.2 Å². The van der Waals surface area contributed by atoms with E-state index in [1.165, 1.54) is 0 Å². The van der Waals surface area contributed by atoms with Crippen LogP contribution >= 0.6 is 0 Å². The zero-order chi connectivity index (χ0) is 27.5. The van der Waals surface area contributed by atoms with Gasteiger partial charge in [0.1, 0.15) is 11.7 Å². The number of pyridine rings is 1. The lowest BCUT2D eigenvalue weighted by atomic mass is 10.00. The molecule has 0 aliphatic rings. The molecule has 0 aliphatic carbocycles. The number of hydrogen-bond acceptors (Lipinski definition) is 6. The second-order valence-corrected chi connectivity index (χ2v) is 9.84. The molecule has 3 atom stereocenters. The summed E-state index contributed by atoms with van der Waals surface area (Å²) in [5, 5.41) is 20.5. The molecule has 0 aliphatic heterocycles. The molecule has 1 aromatic heterocycles. The van der Waals surface area contributed by atoms with Gasteiger partial charge in [-0.1, -0.05) is 68.4 Å². The fourth-order valence-electron chi connectivity index (χ4n) is 4.05. The van der Waals surface area contributed by atoms with Gasteiger partial charge in [0, 0.05) is 11.9 Å². The monoisotopic (exact) mass is 519 g/mol. The third kappa shape index (κ3) is 8.93. The SMILES string of the molecule is CC(C)CCNC[C@@H](O)[C@H](Cc1ccccc1)NC(=O)[C@H](CC(N)=O)NC(=O)c1ccc2ccccc2n1. The number of fused-ring (bicyclic) bond motifs is 1. The van der Waals surface area contributed by atoms with Crippen LogP contribution in [0.3, 0.4) is 0 Å². The minimum atomic E-state index is -1.23. The van der Waals surface area contributed by atoms with Crippen molar-refractivity contribution in [2.24, 2.45) is 11.7 Å². The van der Waals surface area contributed by atoms with Crippen molar-refractivity contribution in [3.8, 4) is 0 Å². The van der Waals surface area contributed by atoms with Crippen molar-refractivity contribution in [1.82, 2.24) is 20.9 Å². The highest BCUT2D eigenvalue weighted by atomic mass is 16.3. The number of nitrogens with two attached hydrogens (primary N) is 1. The first kappa shape index (κ1) is 28.7. The van der Waals surface area contributed by atoms with E-state index in [2.05, 4.69) is 34.8 Å². The van der Waals surface area contributed by atoms with Gasteiger partial charge in [0.25, 0.3) is 5.91 Å². The number of primary amides is 1. The van der Waals surface area contributed by atoms with E-state index in [0.717, 1.165) is 23.9 Å². The van der Waals surface area contributed by atoms with Crippen LogP contribution < -0.4 is 21.7 Å². The third-order valence-electron chi connectivity index (χ3n) is 6.20. The Morgan fingerprint density at radius 3 is 2.37 bits per heavy atom. The summed E-state index contributed by atoms with van der Waals surface area (Å²) in [6.07, 6.45) is 0.0193. The average Bonchev–Trinajstić information content (AvgIpc) is 2.90. The number of hydrogen-bond donors (Lipinski definition) is 5. The van der Waals surface area contributed by atoms with Crippen LogP contribution in [0.25, 0.3) is 10.9 Å². The van der Waals surface area contributed by atoms with Gasteiger partial charge in [0.2, 0.25) is 11.8 Å². The molecule has 0 saturated heterocycles. The summed E-state index contributed by atoms with van der Waals surface area (Å²) < 4.78 is 0. The number of rotatable bonds is 14. The van der Waals surface area contributed by atoms with E-state index in [9.17, 15) is 19.5 Å². The summed E-state index contributed by atoms with van der Waals surface area (Å²) in [6, 6.07) is 18.2. The Bertz CT molecular complexity index is 1220. The van der Waals surface area contributed by atoms with E-state index in [-0.39, 0.29) is 12.2 Å². The summed E-state index contributed by atoms with van der Waals surface area (Å²) in [7, 11) is 0. The Morgan fingerprint density at radius 2 is 1.66 bits per heavy atom. The Labute approximate surface area is 223 Å². The third-order valence-corrected chi connectivity index (χ3v) is 6.20. The van der Waals surface area contributed by atoms with Crippen LogP contribution in [0.5, 0.6) is 0 Å². The maximum atomic E-state index is 13.3. The van der Waals surface area contributed by atoms with Crippen LogP contribution in [0.15, 0.2) is 66.7 Å². The van der Waals surface area contributed by atoms with Crippen molar-refractivity contribution in [1.29, 1.82) is 0 Å². The summed E-state index contributed by atoms with van der Waals surface area (Å²) in [5.41, 5.74) is 7.06. The fourth-order valence-corrected chi connectivity index (χ4v) is 4.05. The Morgan fingerprint density at radius 1 is 0.947 bits per heavy atom. The average molecular weight is 520 g/mol. The molecule has 38 heavy (non-hydrogen) atoms. The van der Waals surface area contributed by atoms with Gasteiger partial charge in [-0.15, -0.1) is 0 Å². The van der Waals surface area contributed by atoms with Crippen molar-refractivity contribution < 1.29 is 19.5 Å². The highest BCUT2D eigenvalue weighted by Gasteiger charge is 2.29. The van der Waals surface area contributed by atoms with Crippen LogP contribution in [0, 0.1) is 5.92 Å². The molecule has 9 heteroatoms. The molecule has 0 unspecified atom stereocenters. The Hall–Kier alpha value is -3.82.